The Bertz CT molecular complexity index is 1210. The van der Waals surface area contributed by atoms with Crippen LogP contribution in [0, 0.1) is 17.0 Å². The first-order chi connectivity index (χ1) is 14.8. The van der Waals surface area contributed by atoms with Gasteiger partial charge in [-0.05, 0) is 42.8 Å². The number of sulfonamides is 1. The minimum Gasteiger partial charge on any atom is -0.497 e. The highest BCUT2D eigenvalue weighted by atomic mass is 32.2. The van der Waals surface area contributed by atoms with Gasteiger partial charge in [0.1, 0.15) is 10.6 Å². The summed E-state index contributed by atoms with van der Waals surface area (Å²) in [7, 11) is -2.65. The number of aryl methyl sites for hydroxylation is 1. The first kappa shape index (κ1) is 21.8. The molecule has 10 heteroatoms. The van der Waals surface area contributed by atoms with E-state index in [4.69, 9.17) is 4.74 Å². The molecular formula is C21H20N4O5S. The summed E-state index contributed by atoms with van der Waals surface area (Å²) in [6, 6.07) is 17.3. The van der Waals surface area contributed by atoms with Gasteiger partial charge in [-0.1, -0.05) is 29.8 Å². The zero-order chi connectivity index (χ0) is 22.4. The molecule has 3 rings (SSSR count). The molecule has 0 bridgehead atoms. The van der Waals surface area contributed by atoms with Crippen LogP contribution in [0.25, 0.3) is 0 Å². The van der Waals surface area contributed by atoms with Gasteiger partial charge in [-0.15, -0.1) is 0 Å². The Kier molecular flexibility index (Phi) is 6.51. The normalized spacial score (nSPS) is 11.3. The number of ether oxygens (including phenoxy) is 1. The molecule has 9 nitrogen and oxygen atoms in total. The lowest BCUT2D eigenvalue weighted by atomic mass is 10.2. The van der Waals surface area contributed by atoms with Gasteiger partial charge in [0.2, 0.25) is 0 Å². The summed E-state index contributed by atoms with van der Waals surface area (Å²) in [5.74, 6) is 0.561. The number of nitrogens with one attached hydrogen (secondary N) is 2. The van der Waals surface area contributed by atoms with Gasteiger partial charge in [-0.3, -0.25) is 20.3 Å². The molecule has 0 aromatic heterocycles. The lowest BCUT2D eigenvalue weighted by Crippen LogP contribution is -2.15. The van der Waals surface area contributed by atoms with Gasteiger partial charge in [-0.25, -0.2) is 8.42 Å². The smallest absolute Gasteiger partial charge is 0.270 e. The summed E-state index contributed by atoms with van der Waals surface area (Å²) in [5.41, 5.74) is 4.58. The Morgan fingerprint density at radius 2 is 1.71 bits per heavy atom. The largest absolute Gasteiger partial charge is 0.497 e. The molecule has 0 amide bonds. The van der Waals surface area contributed by atoms with Crippen molar-refractivity contribution in [3.05, 3.63) is 88.0 Å². The number of hydrazone groups is 1. The van der Waals surface area contributed by atoms with E-state index in [1.807, 2.05) is 31.2 Å². The number of non-ortho nitro benzene ring substituents is 1. The van der Waals surface area contributed by atoms with E-state index in [0.29, 0.717) is 5.75 Å². The van der Waals surface area contributed by atoms with E-state index in [9.17, 15) is 18.5 Å². The number of rotatable bonds is 8. The molecule has 2 N–H and O–H groups in total. The molecule has 0 aliphatic carbocycles. The van der Waals surface area contributed by atoms with Crippen LogP contribution in [0.1, 0.15) is 11.1 Å². The van der Waals surface area contributed by atoms with Gasteiger partial charge in [0.05, 0.1) is 23.9 Å². The Hall–Kier alpha value is -3.92. The van der Waals surface area contributed by atoms with E-state index in [-0.39, 0.29) is 22.0 Å². The van der Waals surface area contributed by atoms with Crippen molar-refractivity contribution in [3.63, 3.8) is 0 Å². The van der Waals surface area contributed by atoms with Crippen molar-refractivity contribution in [1.29, 1.82) is 0 Å². The predicted molar refractivity (Wildman–Crippen MR) is 119 cm³/mol. The van der Waals surface area contributed by atoms with Crippen LogP contribution in [0.2, 0.25) is 0 Å². The van der Waals surface area contributed by atoms with E-state index in [2.05, 4.69) is 15.2 Å². The number of benzene rings is 3. The van der Waals surface area contributed by atoms with Gasteiger partial charge in [0.15, 0.2) is 0 Å². The van der Waals surface area contributed by atoms with Crippen LogP contribution in [0.15, 0.2) is 76.7 Å². The standard InChI is InChI=1S/C21H20N4O5S/c1-15-3-5-16(6-4-15)14-22-23-20-12-9-18(25(26)27)13-21(20)31(28,29)24-17-7-10-19(30-2)11-8-17/h3-14,23-24H,1-2H3/b22-14+. The molecule has 3 aromatic rings. The van der Waals surface area contributed by atoms with Crippen LogP contribution in [0.4, 0.5) is 17.1 Å². The minimum absolute atomic E-state index is 0.0926. The highest BCUT2D eigenvalue weighted by Crippen LogP contribution is 2.28. The third-order valence-electron chi connectivity index (χ3n) is 4.28. The molecule has 0 unspecified atom stereocenters. The lowest BCUT2D eigenvalue weighted by Gasteiger charge is -2.12. The zero-order valence-corrected chi connectivity index (χ0v) is 17.6. The second kappa shape index (κ2) is 9.26. The SMILES string of the molecule is COc1ccc(NS(=O)(=O)c2cc([N+](=O)[O-])ccc2N/N=C/c2ccc(C)cc2)cc1. The highest BCUT2D eigenvalue weighted by Gasteiger charge is 2.22. The molecular weight excluding hydrogens is 420 g/mol. The highest BCUT2D eigenvalue weighted by molar-refractivity contribution is 7.92. The molecule has 0 aliphatic rings. The molecule has 0 atom stereocenters. The average molecular weight is 440 g/mol. The molecule has 0 spiro atoms. The Balaban J connectivity index is 1.91. The average Bonchev–Trinajstić information content (AvgIpc) is 2.75. The number of hydrogen-bond acceptors (Lipinski definition) is 7. The second-order valence-electron chi connectivity index (χ2n) is 6.55. The van der Waals surface area contributed by atoms with Crippen molar-refractivity contribution >= 4 is 33.3 Å². The molecule has 0 saturated carbocycles. The van der Waals surface area contributed by atoms with Crippen LogP contribution in [0.5, 0.6) is 5.75 Å². The van der Waals surface area contributed by atoms with E-state index < -0.39 is 14.9 Å². The van der Waals surface area contributed by atoms with Gasteiger partial charge < -0.3 is 4.74 Å². The molecule has 0 saturated heterocycles. The number of methoxy groups -OCH3 is 1. The van der Waals surface area contributed by atoms with Crippen molar-refractivity contribution in [2.45, 2.75) is 11.8 Å². The second-order valence-corrected chi connectivity index (χ2v) is 8.20. The quantitative estimate of drug-likeness (QED) is 0.308. The van der Waals surface area contributed by atoms with Crippen LogP contribution in [-0.2, 0) is 10.0 Å². The molecule has 0 fully saturated rings. The molecule has 160 valence electrons. The van der Waals surface area contributed by atoms with Crippen molar-refractivity contribution in [1.82, 2.24) is 0 Å². The first-order valence-corrected chi connectivity index (χ1v) is 10.6. The molecule has 0 aliphatic heterocycles. The summed E-state index contributed by atoms with van der Waals surface area (Å²) in [5, 5.41) is 15.2. The fourth-order valence-electron chi connectivity index (χ4n) is 2.64. The zero-order valence-electron chi connectivity index (χ0n) is 16.8. The maximum Gasteiger partial charge on any atom is 0.270 e. The van der Waals surface area contributed by atoms with Gasteiger partial charge >= 0.3 is 0 Å². The lowest BCUT2D eigenvalue weighted by molar-refractivity contribution is -0.385. The first-order valence-electron chi connectivity index (χ1n) is 9.09. The number of nitro groups is 1. The Morgan fingerprint density at radius 3 is 2.32 bits per heavy atom. The predicted octanol–water partition coefficient (Wildman–Crippen LogP) is 4.16. The fraction of sp³-hybridized carbons (Fsp3) is 0.0952. The molecule has 0 radical (unpaired) electrons. The maximum absolute atomic E-state index is 13.0. The van der Waals surface area contributed by atoms with Crippen LogP contribution in [-0.4, -0.2) is 26.7 Å². The van der Waals surface area contributed by atoms with E-state index in [1.54, 1.807) is 12.1 Å². The van der Waals surface area contributed by atoms with E-state index in [0.717, 1.165) is 17.2 Å². The van der Waals surface area contributed by atoms with Crippen molar-refractivity contribution in [2.24, 2.45) is 5.10 Å². The van der Waals surface area contributed by atoms with Crippen LogP contribution < -0.4 is 14.9 Å². The van der Waals surface area contributed by atoms with E-state index >= 15 is 0 Å². The topological polar surface area (TPSA) is 123 Å². The summed E-state index contributed by atoms with van der Waals surface area (Å²) in [6.45, 7) is 1.96. The summed E-state index contributed by atoms with van der Waals surface area (Å²) in [6.07, 6.45) is 1.52. The van der Waals surface area contributed by atoms with Gasteiger partial charge in [0.25, 0.3) is 15.7 Å². The van der Waals surface area contributed by atoms with Gasteiger partial charge in [-0.2, -0.15) is 5.10 Å². The third-order valence-corrected chi connectivity index (χ3v) is 5.70. The fourth-order valence-corrected chi connectivity index (χ4v) is 3.87. The monoisotopic (exact) mass is 440 g/mol. The van der Waals surface area contributed by atoms with Crippen LogP contribution >= 0.6 is 0 Å². The molecule has 31 heavy (non-hydrogen) atoms. The number of anilines is 2. The maximum atomic E-state index is 13.0. The number of nitrogens with zero attached hydrogens (tertiary/aromatic N) is 2. The number of hydrogen-bond donors (Lipinski definition) is 2. The Morgan fingerprint density at radius 1 is 1.03 bits per heavy atom. The van der Waals surface area contributed by atoms with Crippen molar-refractivity contribution in [2.75, 3.05) is 17.3 Å². The number of nitro benzene ring substituents is 1. The summed E-state index contributed by atoms with van der Waals surface area (Å²) >= 11 is 0. The molecule has 3 aromatic carbocycles. The summed E-state index contributed by atoms with van der Waals surface area (Å²) in [4.78, 5) is 10.2. The summed E-state index contributed by atoms with van der Waals surface area (Å²) < 4.78 is 33.4. The Labute approximate surface area is 179 Å². The van der Waals surface area contributed by atoms with Crippen molar-refractivity contribution < 1.29 is 18.1 Å². The van der Waals surface area contributed by atoms with Gasteiger partial charge in [0, 0.05) is 17.8 Å². The molecule has 0 heterocycles. The van der Waals surface area contributed by atoms with E-state index in [1.165, 1.54) is 37.6 Å². The van der Waals surface area contributed by atoms with Crippen LogP contribution in [0.3, 0.4) is 0 Å². The third kappa shape index (κ3) is 5.58. The minimum atomic E-state index is -4.15. The van der Waals surface area contributed by atoms with Crippen molar-refractivity contribution in [3.8, 4) is 5.75 Å².